The van der Waals surface area contributed by atoms with Crippen molar-refractivity contribution < 1.29 is 22.0 Å². The Balaban J connectivity index is 1.57. The molecule has 0 aliphatic carbocycles. The van der Waals surface area contributed by atoms with E-state index in [0.717, 1.165) is 30.7 Å². The van der Waals surface area contributed by atoms with Gasteiger partial charge < -0.3 is 9.73 Å². The van der Waals surface area contributed by atoms with Crippen LogP contribution in [0.1, 0.15) is 29.5 Å². The van der Waals surface area contributed by atoms with Gasteiger partial charge in [0.25, 0.3) is 15.9 Å². The third-order valence-corrected chi connectivity index (χ3v) is 5.70. The summed E-state index contributed by atoms with van der Waals surface area (Å²) in [7, 11) is -3.84. The molecule has 1 amide bonds. The van der Waals surface area contributed by atoms with Gasteiger partial charge in [0, 0.05) is 23.7 Å². The highest BCUT2D eigenvalue weighted by molar-refractivity contribution is 7.92. The van der Waals surface area contributed by atoms with Gasteiger partial charge in [0.2, 0.25) is 0 Å². The fourth-order valence-electron chi connectivity index (χ4n) is 2.71. The predicted octanol–water partition coefficient (Wildman–Crippen LogP) is 3.97. The van der Waals surface area contributed by atoms with Crippen molar-refractivity contribution in [2.75, 3.05) is 4.72 Å². The first-order chi connectivity index (χ1) is 13.8. The number of anilines is 1. The molecule has 3 aromatic rings. The lowest BCUT2D eigenvalue weighted by Gasteiger charge is -2.14. The van der Waals surface area contributed by atoms with Gasteiger partial charge in [-0.25, -0.2) is 12.8 Å². The number of rotatable bonds is 8. The van der Waals surface area contributed by atoms with Crippen molar-refractivity contribution in [1.29, 1.82) is 0 Å². The van der Waals surface area contributed by atoms with Gasteiger partial charge in [0.05, 0.1) is 11.2 Å². The van der Waals surface area contributed by atoms with Crippen LogP contribution in [0.5, 0.6) is 0 Å². The van der Waals surface area contributed by atoms with E-state index >= 15 is 0 Å². The predicted molar refractivity (Wildman–Crippen MR) is 108 cm³/mol. The van der Waals surface area contributed by atoms with Gasteiger partial charge >= 0.3 is 0 Å². The van der Waals surface area contributed by atoms with Crippen LogP contribution < -0.4 is 10.0 Å². The third kappa shape index (κ3) is 5.68. The minimum atomic E-state index is -3.84. The summed E-state index contributed by atoms with van der Waals surface area (Å²) in [5.74, 6) is 0.103. The monoisotopic (exact) mass is 416 g/mol. The number of hydrogen-bond acceptors (Lipinski definition) is 4. The van der Waals surface area contributed by atoms with Crippen LogP contribution in [0.15, 0.2) is 76.2 Å². The Morgan fingerprint density at radius 2 is 1.76 bits per heavy atom. The maximum Gasteiger partial charge on any atom is 0.261 e. The Morgan fingerprint density at radius 3 is 2.38 bits per heavy atom. The Bertz CT molecular complexity index is 1050. The van der Waals surface area contributed by atoms with E-state index in [1.165, 1.54) is 36.4 Å². The zero-order valence-electron chi connectivity index (χ0n) is 15.8. The van der Waals surface area contributed by atoms with Crippen molar-refractivity contribution >= 4 is 21.6 Å². The zero-order valence-corrected chi connectivity index (χ0v) is 16.6. The van der Waals surface area contributed by atoms with E-state index in [0.29, 0.717) is 11.3 Å². The van der Waals surface area contributed by atoms with Gasteiger partial charge in [-0.1, -0.05) is 0 Å². The molecular weight excluding hydrogens is 395 g/mol. The molecule has 0 unspecified atom stereocenters. The van der Waals surface area contributed by atoms with Crippen LogP contribution >= 0.6 is 0 Å². The van der Waals surface area contributed by atoms with E-state index in [1.54, 1.807) is 6.26 Å². The molecule has 29 heavy (non-hydrogen) atoms. The summed E-state index contributed by atoms with van der Waals surface area (Å²) in [6, 6.07) is 14.3. The van der Waals surface area contributed by atoms with Crippen molar-refractivity contribution in [2.24, 2.45) is 0 Å². The number of amides is 1. The quantitative estimate of drug-likeness (QED) is 0.582. The summed E-state index contributed by atoms with van der Waals surface area (Å²) in [5.41, 5.74) is 0.719. The van der Waals surface area contributed by atoms with Gasteiger partial charge in [-0.15, -0.1) is 0 Å². The molecule has 3 rings (SSSR count). The minimum Gasteiger partial charge on any atom is -0.469 e. The average Bonchev–Trinajstić information content (AvgIpc) is 3.20. The molecule has 152 valence electrons. The summed E-state index contributed by atoms with van der Waals surface area (Å²) in [5, 5.41) is 2.90. The molecule has 1 aromatic heterocycles. The Morgan fingerprint density at radius 1 is 1.07 bits per heavy atom. The van der Waals surface area contributed by atoms with Crippen molar-refractivity contribution in [3.8, 4) is 0 Å². The molecule has 0 saturated heterocycles. The van der Waals surface area contributed by atoms with E-state index < -0.39 is 15.8 Å². The normalized spacial score (nSPS) is 12.3. The van der Waals surface area contributed by atoms with Crippen LogP contribution in [-0.2, 0) is 16.4 Å². The Hall–Kier alpha value is -3.13. The molecule has 0 aliphatic heterocycles. The van der Waals surface area contributed by atoms with Crippen molar-refractivity contribution in [2.45, 2.75) is 30.7 Å². The summed E-state index contributed by atoms with van der Waals surface area (Å²) in [4.78, 5) is 12.3. The molecule has 6 nitrogen and oxygen atoms in total. The number of furan rings is 1. The van der Waals surface area contributed by atoms with Gasteiger partial charge in [0.1, 0.15) is 11.6 Å². The van der Waals surface area contributed by atoms with Gasteiger partial charge in [0.15, 0.2) is 0 Å². The lowest BCUT2D eigenvalue weighted by atomic mass is 10.1. The number of carbonyl (C=O) groups excluding carboxylic acids is 1. The fourth-order valence-corrected chi connectivity index (χ4v) is 3.77. The molecule has 0 aliphatic rings. The highest BCUT2D eigenvalue weighted by Gasteiger charge is 2.15. The Labute approximate surface area is 168 Å². The minimum absolute atomic E-state index is 0.0499. The van der Waals surface area contributed by atoms with E-state index in [9.17, 15) is 17.6 Å². The molecule has 1 heterocycles. The maximum absolute atomic E-state index is 13.0. The van der Waals surface area contributed by atoms with E-state index in [-0.39, 0.29) is 16.8 Å². The van der Waals surface area contributed by atoms with E-state index in [1.807, 2.05) is 19.1 Å². The van der Waals surface area contributed by atoms with Crippen LogP contribution in [0.2, 0.25) is 0 Å². The molecule has 0 bridgehead atoms. The molecule has 0 radical (unpaired) electrons. The number of aryl methyl sites for hydroxylation is 1. The zero-order chi connectivity index (χ0) is 20.9. The van der Waals surface area contributed by atoms with Crippen molar-refractivity contribution in [3.05, 3.63) is 84.1 Å². The third-order valence-electron chi connectivity index (χ3n) is 4.30. The number of hydrogen-bond donors (Lipinski definition) is 2. The van der Waals surface area contributed by atoms with Gasteiger partial charge in [-0.3, -0.25) is 9.52 Å². The molecular formula is C21H21FN2O4S. The first-order valence-electron chi connectivity index (χ1n) is 9.05. The average molecular weight is 416 g/mol. The van der Waals surface area contributed by atoms with Crippen LogP contribution in [0, 0.1) is 5.82 Å². The summed E-state index contributed by atoms with van der Waals surface area (Å²) < 4.78 is 45.3. The molecule has 0 spiro atoms. The largest absolute Gasteiger partial charge is 0.469 e. The summed E-state index contributed by atoms with van der Waals surface area (Å²) >= 11 is 0. The number of nitrogens with one attached hydrogen (secondary N) is 2. The molecule has 8 heteroatoms. The topological polar surface area (TPSA) is 88.4 Å². The number of carbonyl (C=O) groups is 1. The first-order valence-corrected chi connectivity index (χ1v) is 10.5. The second kappa shape index (κ2) is 8.91. The van der Waals surface area contributed by atoms with E-state index in [2.05, 4.69) is 10.0 Å². The highest BCUT2D eigenvalue weighted by Crippen LogP contribution is 2.17. The van der Waals surface area contributed by atoms with Gasteiger partial charge in [-0.05, 0) is 74.0 Å². The lowest BCUT2D eigenvalue weighted by molar-refractivity contribution is 0.0938. The number of sulfonamides is 1. The lowest BCUT2D eigenvalue weighted by Crippen LogP contribution is -2.32. The summed E-state index contributed by atoms with van der Waals surface area (Å²) in [6.07, 6.45) is 3.07. The fraction of sp³-hybridized carbons (Fsp3) is 0.190. The molecule has 2 aromatic carbocycles. The van der Waals surface area contributed by atoms with Crippen LogP contribution in [0.3, 0.4) is 0 Å². The van der Waals surface area contributed by atoms with Crippen molar-refractivity contribution in [1.82, 2.24) is 5.32 Å². The van der Waals surface area contributed by atoms with Crippen LogP contribution in [0.4, 0.5) is 10.1 Å². The first kappa shape index (κ1) is 20.6. The number of halogens is 1. The van der Waals surface area contributed by atoms with Gasteiger partial charge in [-0.2, -0.15) is 0 Å². The highest BCUT2D eigenvalue weighted by atomic mass is 32.2. The number of benzene rings is 2. The molecule has 0 saturated carbocycles. The standard InChI is InChI=1S/C21H21FN2O4S/c1-15(4-11-19-3-2-14-28-19)23-21(25)16-5-9-18(10-6-16)24-29(26,27)20-12-7-17(22)8-13-20/h2-3,5-10,12-15,24H,4,11H2,1H3,(H,23,25)/t15-/m0/s1. The van der Waals surface area contributed by atoms with E-state index in [4.69, 9.17) is 4.42 Å². The second-order valence-electron chi connectivity index (χ2n) is 6.63. The van der Waals surface area contributed by atoms with Crippen LogP contribution in [-0.4, -0.2) is 20.4 Å². The summed E-state index contributed by atoms with van der Waals surface area (Å²) in [6.45, 7) is 1.91. The van der Waals surface area contributed by atoms with Crippen molar-refractivity contribution in [3.63, 3.8) is 0 Å². The second-order valence-corrected chi connectivity index (χ2v) is 8.31. The maximum atomic E-state index is 13.0. The smallest absolute Gasteiger partial charge is 0.261 e. The molecule has 1 atom stereocenters. The SMILES string of the molecule is C[C@@H](CCc1ccco1)NC(=O)c1ccc(NS(=O)(=O)c2ccc(F)cc2)cc1. The van der Waals surface area contributed by atoms with Crippen LogP contribution in [0.25, 0.3) is 0 Å². The molecule has 2 N–H and O–H groups in total. The Kier molecular flexibility index (Phi) is 6.33. The molecule has 0 fully saturated rings.